The largest absolute Gasteiger partial charge is 0.463 e. The first-order valence-electron chi connectivity index (χ1n) is 28.4. The third kappa shape index (κ3) is 16.6. The van der Waals surface area contributed by atoms with Crippen LogP contribution in [-0.4, -0.2) is 196 Å². The molecular formula is C51H64O28. The second-order valence-electron chi connectivity index (χ2n) is 16.7. The molecule has 0 aromatic carbocycles. The van der Waals surface area contributed by atoms with Crippen molar-refractivity contribution in [2.75, 3.05) is 41.7 Å². The number of esters is 8. The Morgan fingerprint density at radius 2 is 0.785 bits per heavy atom. The van der Waals surface area contributed by atoms with Crippen molar-refractivity contribution in [3.8, 4) is 0 Å². The third-order valence-corrected chi connectivity index (χ3v) is 11.4. The van der Waals surface area contributed by atoms with Gasteiger partial charge in [-0.25, -0.2) is 0 Å². The van der Waals surface area contributed by atoms with Gasteiger partial charge in [0.05, 0.1) is 6.42 Å². The summed E-state index contributed by atoms with van der Waals surface area (Å²) in [7, 11) is 4.15. The normalized spacial score (nSPS) is 31.1. The molecule has 0 aromatic rings. The number of hydrogen-bond donors (Lipinski definition) is 2. The summed E-state index contributed by atoms with van der Waals surface area (Å²) in [6.07, 6.45) is -9.86. The number of allylic oxidation sites excluding steroid dienone is 8. The van der Waals surface area contributed by atoms with Crippen molar-refractivity contribution in [1.82, 2.24) is 0 Å². The van der Waals surface area contributed by atoms with Crippen LogP contribution in [0.15, 0.2) is 71.9 Å². The van der Waals surface area contributed by atoms with Crippen LogP contribution < -0.4 is 0 Å². The van der Waals surface area contributed by atoms with Gasteiger partial charge in [-0.05, 0) is 47.6 Å². The molecule has 0 aromatic heterocycles. The molecule has 0 amide bonds. The molecule has 0 spiro atoms. The van der Waals surface area contributed by atoms with Crippen LogP contribution in [0.3, 0.4) is 0 Å². The molecular weight excluding hydrogens is 1060 g/mol. The van der Waals surface area contributed by atoms with Gasteiger partial charge in [-0.2, -0.15) is 0 Å². The van der Waals surface area contributed by atoms with E-state index in [2.05, 4.69) is 0 Å². The first-order valence-corrected chi connectivity index (χ1v) is 22.7. The Morgan fingerprint density at radius 1 is 0.481 bits per heavy atom. The lowest BCUT2D eigenvalue weighted by molar-refractivity contribution is -0.408. The summed E-state index contributed by atoms with van der Waals surface area (Å²) in [6, 6.07) is 0. The first kappa shape index (κ1) is 52.8. The fourth-order valence-electron chi connectivity index (χ4n) is 8.13. The van der Waals surface area contributed by atoms with Crippen LogP contribution in [0, 0.1) is 0 Å². The number of ketones is 2. The van der Waals surface area contributed by atoms with E-state index in [0.717, 1.165) is 77.0 Å². The zero-order valence-corrected chi connectivity index (χ0v) is 42.8. The van der Waals surface area contributed by atoms with Crippen LogP contribution in [-0.2, 0) is 124 Å². The monoisotopic (exact) mass is 1130 g/mol. The summed E-state index contributed by atoms with van der Waals surface area (Å²) in [6.45, 7) is -9.70. The molecule has 2 heterocycles. The average Bonchev–Trinajstić information content (AvgIpc) is 0.884. The van der Waals surface area contributed by atoms with Crippen LogP contribution in [0.25, 0.3) is 0 Å². The molecule has 79 heavy (non-hydrogen) atoms. The molecule has 4 aliphatic rings. The summed E-state index contributed by atoms with van der Waals surface area (Å²) in [5, 5.41) is 24.4. The summed E-state index contributed by atoms with van der Waals surface area (Å²) >= 11 is 0. The predicted octanol–water partition coefficient (Wildman–Crippen LogP) is 0.174. The Balaban J connectivity index is 1.61. The molecule has 0 saturated carbocycles. The predicted molar refractivity (Wildman–Crippen MR) is 257 cm³/mol. The molecule has 0 radical (unpaired) electrons. The van der Waals surface area contributed by atoms with Crippen molar-refractivity contribution >= 4 is 59.3 Å². The second-order valence-corrected chi connectivity index (χ2v) is 16.7. The molecule has 2 fully saturated rings. The van der Waals surface area contributed by atoms with Crippen LogP contribution in [0.4, 0.5) is 0 Å². The molecule has 2 N–H and O–H groups in total. The maximum absolute atomic E-state index is 13.3. The SMILES string of the molecule is [2H]CC(=O)OC[C@H]1OC(OC2(O)C=CC(C=CC(=O)CC(=O)C=CC3=CC(OC)(OC)C(O)(OC4O[C@H](COC(=O)C[2H])[C@@H](OC(=O)C[2H])[C@H](OC(=O)C[2H])[C@H]4OC(=O)C[2H])C=C3)=CC2(OC)OC)[C@H](OC(=O)C[2H])[C@@H](OC(=O)C[2H])[C@@H]1OC(=O)C[2H]. The van der Waals surface area contributed by atoms with Gasteiger partial charge >= 0.3 is 47.8 Å². The van der Waals surface area contributed by atoms with Gasteiger partial charge in [0.1, 0.15) is 25.4 Å². The molecule has 0 bridgehead atoms. The summed E-state index contributed by atoms with van der Waals surface area (Å²) in [5.41, 5.74) is 0.105. The molecule has 2 saturated heterocycles. The number of aliphatic hydroxyl groups is 2. The molecule has 2 aliphatic carbocycles. The maximum Gasteiger partial charge on any atom is 0.303 e. The highest BCUT2D eigenvalue weighted by Gasteiger charge is 2.61. The van der Waals surface area contributed by atoms with Crippen molar-refractivity contribution < 1.29 is 145 Å². The Bertz CT molecular complexity index is 2500. The first-order chi connectivity index (χ1) is 41.3. The van der Waals surface area contributed by atoms with Crippen LogP contribution in [0.5, 0.6) is 0 Å². The quantitative estimate of drug-likeness (QED) is 0.0428. The number of methoxy groups -OCH3 is 4. The summed E-state index contributed by atoms with van der Waals surface area (Å²) in [4.78, 5) is 126. The lowest BCUT2D eigenvalue weighted by Crippen LogP contribution is -2.66. The Labute approximate surface area is 463 Å². The maximum atomic E-state index is 13.3. The Hall–Kier alpha value is -6.86. The zero-order chi connectivity index (χ0) is 64.9. The van der Waals surface area contributed by atoms with E-state index < -0.39 is 219 Å². The van der Waals surface area contributed by atoms with Crippen LogP contribution in [0.1, 0.15) is 72.6 Å². The topological polar surface area (TPSA) is 359 Å². The molecule has 28 heteroatoms. The number of carbonyl (C=O) groups excluding carboxylic acids is 10. The van der Waals surface area contributed by atoms with Gasteiger partial charge in [-0.15, -0.1) is 0 Å². The fourth-order valence-corrected chi connectivity index (χ4v) is 8.13. The summed E-state index contributed by atoms with van der Waals surface area (Å²) < 4.78 is 148. The lowest BCUT2D eigenvalue weighted by atomic mass is 9.93. The summed E-state index contributed by atoms with van der Waals surface area (Å²) in [5.74, 6) is -22.1. The minimum atomic E-state index is -2.88. The van der Waals surface area contributed by atoms with Gasteiger partial charge in [0.25, 0.3) is 0 Å². The molecule has 4 rings (SSSR count). The number of rotatable bonds is 24. The average molecular weight is 1130 g/mol. The van der Waals surface area contributed by atoms with Gasteiger partial charge in [-0.3, -0.25) is 47.9 Å². The van der Waals surface area contributed by atoms with E-state index in [1.807, 2.05) is 0 Å². The van der Waals surface area contributed by atoms with Gasteiger partial charge in [0.2, 0.25) is 35.7 Å². The van der Waals surface area contributed by atoms with Crippen molar-refractivity contribution in [2.24, 2.45) is 0 Å². The Kier molecular flexibility index (Phi) is 18.6. The van der Waals surface area contributed by atoms with Crippen molar-refractivity contribution in [3.63, 3.8) is 0 Å². The highest BCUT2D eigenvalue weighted by molar-refractivity contribution is 6.08. The molecule has 436 valence electrons. The zero-order valence-electron chi connectivity index (χ0n) is 50.8. The van der Waals surface area contributed by atoms with E-state index in [4.69, 9.17) is 86.8 Å². The smallest absolute Gasteiger partial charge is 0.303 e. The van der Waals surface area contributed by atoms with E-state index in [-0.39, 0.29) is 11.1 Å². The lowest BCUT2D eigenvalue weighted by Gasteiger charge is -2.48. The third-order valence-electron chi connectivity index (χ3n) is 11.4. The van der Waals surface area contributed by atoms with Crippen LogP contribution in [0.2, 0.25) is 0 Å². The highest BCUT2D eigenvalue weighted by atomic mass is 16.8. The van der Waals surface area contributed by atoms with E-state index in [9.17, 15) is 58.2 Å². The van der Waals surface area contributed by atoms with Gasteiger partial charge < -0.3 is 86.0 Å². The number of ether oxygens (including phenoxy) is 16. The van der Waals surface area contributed by atoms with E-state index in [1.165, 1.54) is 12.2 Å². The minimum absolute atomic E-state index is 0.0527. The van der Waals surface area contributed by atoms with Crippen molar-refractivity contribution in [2.45, 2.75) is 146 Å². The van der Waals surface area contributed by atoms with Gasteiger partial charge in [0, 0.05) is 94.6 Å². The van der Waals surface area contributed by atoms with Crippen LogP contribution >= 0.6 is 0 Å². The van der Waals surface area contributed by atoms with Crippen molar-refractivity contribution in [3.05, 3.63) is 71.9 Å². The highest BCUT2D eigenvalue weighted by Crippen LogP contribution is 2.42. The molecule has 28 nitrogen and oxygen atoms in total. The Morgan fingerprint density at radius 3 is 1.09 bits per heavy atom. The number of hydrogen-bond acceptors (Lipinski definition) is 28. The second kappa shape index (κ2) is 27.8. The van der Waals surface area contributed by atoms with E-state index in [1.54, 1.807) is 0 Å². The standard InChI is InChI=1S/C51H64O28/c1-26(52)68-24-38-40(70-28(3)54)42(72-30(5)56)44(74-32(7)58)46(76-38)78-48(62)19-17-34(22-50(48,64-9)65-10)13-15-36(60)21-37(61)16-14-35-18-20-49(63,51(23-35,66-11)67-12)79-47-45(75-33(8)59)43(73-31(6)57)41(71-29(4)55)39(77-47)25-69-27(2)53/h13-20,22-23,38-47,62-63H,21,24-25H2,1-12H3/t38-,39-,40-,41-,42+,43+,44-,45-,46?,47?,48?,49?/m1/s1/i1D,2D,3D,4D,5D,6D,7D,8D. The minimum Gasteiger partial charge on any atom is -0.463 e. The number of carbonyl (C=O) groups is 10. The molecule has 4 unspecified atom stereocenters. The van der Waals surface area contributed by atoms with E-state index in [0.29, 0.717) is 0 Å². The van der Waals surface area contributed by atoms with Gasteiger partial charge in [0.15, 0.2) is 48.2 Å². The fraction of sp³-hybridized carbons (Fsp3) is 0.569. The molecule has 2 aliphatic heterocycles. The van der Waals surface area contributed by atoms with Gasteiger partial charge in [-0.1, -0.05) is 24.3 Å². The molecule has 12 atom stereocenters. The van der Waals surface area contributed by atoms with E-state index >= 15 is 0 Å². The van der Waals surface area contributed by atoms with Crippen molar-refractivity contribution in [1.29, 1.82) is 0 Å².